The lowest BCUT2D eigenvalue weighted by Crippen LogP contribution is -2.54. The van der Waals surface area contributed by atoms with Crippen LogP contribution in [-0.2, 0) is 0 Å². The number of fused-ring (bicyclic) bond motifs is 1. The summed E-state index contributed by atoms with van der Waals surface area (Å²) in [5.74, 6) is 0. The lowest BCUT2D eigenvalue weighted by atomic mass is 9.98. The molecule has 0 atom stereocenters. The van der Waals surface area contributed by atoms with E-state index in [9.17, 15) is 4.79 Å². The van der Waals surface area contributed by atoms with Crippen LogP contribution in [0.15, 0.2) is 54.2 Å². The summed E-state index contributed by atoms with van der Waals surface area (Å²) in [6, 6.07) is 14.2. The van der Waals surface area contributed by atoms with Crippen LogP contribution in [-0.4, -0.2) is 23.5 Å². The lowest BCUT2D eigenvalue weighted by Gasteiger charge is -2.43. The standard InChI is InChI=1S/C18H20N2O/c1-13-12-18(2,3)19(4)17(21)20(13)16-11-7-9-14-8-5-6-10-15(14)16/h5-12H,1-4H3. The van der Waals surface area contributed by atoms with Gasteiger partial charge >= 0.3 is 6.03 Å². The molecule has 108 valence electrons. The summed E-state index contributed by atoms with van der Waals surface area (Å²) in [6.45, 7) is 6.10. The number of likely N-dealkylation sites (N-methyl/N-ethyl adjacent to an activating group) is 1. The third-order valence-corrected chi connectivity index (χ3v) is 4.27. The van der Waals surface area contributed by atoms with Crippen LogP contribution in [0.25, 0.3) is 10.8 Å². The monoisotopic (exact) mass is 280 g/mol. The van der Waals surface area contributed by atoms with Gasteiger partial charge in [0.25, 0.3) is 0 Å². The zero-order chi connectivity index (χ0) is 15.2. The summed E-state index contributed by atoms with van der Waals surface area (Å²) in [6.07, 6.45) is 2.14. The molecule has 0 radical (unpaired) electrons. The summed E-state index contributed by atoms with van der Waals surface area (Å²) >= 11 is 0. The topological polar surface area (TPSA) is 23.6 Å². The van der Waals surface area contributed by atoms with Gasteiger partial charge in [-0.25, -0.2) is 4.79 Å². The van der Waals surface area contributed by atoms with Crippen LogP contribution < -0.4 is 4.90 Å². The largest absolute Gasteiger partial charge is 0.329 e. The van der Waals surface area contributed by atoms with Gasteiger partial charge in [0.2, 0.25) is 0 Å². The summed E-state index contributed by atoms with van der Waals surface area (Å²) in [7, 11) is 1.85. The van der Waals surface area contributed by atoms with Gasteiger partial charge in [-0.15, -0.1) is 0 Å². The normalized spacial score (nSPS) is 18.1. The highest BCUT2D eigenvalue weighted by atomic mass is 16.2. The number of anilines is 1. The molecule has 21 heavy (non-hydrogen) atoms. The van der Waals surface area contributed by atoms with Gasteiger partial charge in [-0.05, 0) is 38.3 Å². The number of benzene rings is 2. The predicted octanol–water partition coefficient (Wildman–Crippen LogP) is 4.39. The van der Waals surface area contributed by atoms with Crippen LogP contribution in [0.4, 0.5) is 10.5 Å². The predicted molar refractivity (Wildman–Crippen MR) is 87.4 cm³/mol. The van der Waals surface area contributed by atoms with Crippen molar-refractivity contribution in [2.24, 2.45) is 0 Å². The molecule has 3 nitrogen and oxygen atoms in total. The summed E-state index contributed by atoms with van der Waals surface area (Å²) in [5, 5.41) is 2.23. The molecule has 2 aromatic rings. The van der Waals surface area contributed by atoms with Crippen molar-refractivity contribution in [3.63, 3.8) is 0 Å². The number of carbonyl (C=O) groups is 1. The second-order valence-electron chi connectivity index (χ2n) is 6.11. The molecule has 1 aliphatic heterocycles. The van der Waals surface area contributed by atoms with Gasteiger partial charge in [-0.2, -0.15) is 0 Å². The molecule has 3 heteroatoms. The number of allylic oxidation sites excluding steroid dienone is 1. The molecule has 1 heterocycles. The molecule has 0 fully saturated rings. The minimum absolute atomic E-state index is 0.0105. The Bertz CT molecular complexity index is 740. The lowest BCUT2D eigenvalue weighted by molar-refractivity contribution is 0.180. The van der Waals surface area contributed by atoms with E-state index in [1.807, 2.05) is 38.2 Å². The maximum atomic E-state index is 12.8. The van der Waals surface area contributed by atoms with Crippen molar-refractivity contribution < 1.29 is 4.79 Å². The molecule has 2 aromatic carbocycles. The first-order valence-electron chi connectivity index (χ1n) is 7.17. The number of nitrogens with zero attached hydrogens (tertiary/aromatic N) is 2. The fourth-order valence-electron chi connectivity index (χ4n) is 2.92. The number of hydrogen-bond acceptors (Lipinski definition) is 1. The Kier molecular flexibility index (Phi) is 3.01. The number of rotatable bonds is 1. The van der Waals surface area contributed by atoms with E-state index in [2.05, 4.69) is 38.1 Å². The zero-order valence-electron chi connectivity index (χ0n) is 12.9. The Hall–Kier alpha value is -2.29. The van der Waals surface area contributed by atoms with Crippen LogP contribution in [0.1, 0.15) is 20.8 Å². The van der Waals surface area contributed by atoms with Gasteiger partial charge in [-0.3, -0.25) is 4.90 Å². The van der Waals surface area contributed by atoms with Gasteiger partial charge < -0.3 is 4.90 Å². The average Bonchev–Trinajstić information content (AvgIpc) is 2.45. The molecule has 0 saturated carbocycles. The summed E-state index contributed by atoms with van der Waals surface area (Å²) in [5.41, 5.74) is 1.65. The number of carbonyl (C=O) groups excluding carboxylic acids is 1. The highest BCUT2D eigenvalue weighted by molar-refractivity contribution is 6.05. The van der Waals surface area contributed by atoms with E-state index in [1.54, 1.807) is 9.80 Å². The van der Waals surface area contributed by atoms with Crippen LogP contribution >= 0.6 is 0 Å². The maximum Gasteiger partial charge on any atom is 0.329 e. The number of hydrogen-bond donors (Lipinski definition) is 0. The van der Waals surface area contributed by atoms with Crippen molar-refractivity contribution in [3.05, 3.63) is 54.2 Å². The minimum Gasteiger partial charge on any atom is -0.318 e. The molecule has 0 unspecified atom stereocenters. The molecular formula is C18H20N2O. The van der Waals surface area contributed by atoms with Crippen molar-refractivity contribution in [2.45, 2.75) is 26.3 Å². The third-order valence-electron chi connectivity index (χ3n) is 4.27. The van der Waals surface area contributed by atoms with Crippen molar-refractivity contribution in [1.29, 1.82) is 0 Å². The minimum atomic E-state index is -0.262. The third kappa shape index (κ3) is 2.09. The fraction of sp³-hybridized carbons (Fsp3) is 0.278. The Morgan fingerprint density at radius 1 is 1.00 bits per heavy atom. The smallest absolute Gasteiger partial charge is 0.318 e. The summed E-state index contributed by atoms with van der Waals surface area (Å²) < 4.78 is 0. The molecule has 0 aliphatic carbocycles. The molecule has 0 spiro atoms. The SMILES string of the molecule is CC1=CC(C)(C)N(C)C(=O)N1c1cccc2ccccc12. The second-order valence-corrected chi connectivity index (χ2v) is 6.11. The first-order chi connectivity index (χ1) is 9.92. The van der Waals surface area contributed by atoms with E-state index in [4.69, 9.17) is 0 Å². The molecule has 1 aliphatic rings. The first-order valence-corrected chi connectivity index (χ1v) is 7.17. The average molecular weight is 280 g/mol. The molecule has 3 rings (SSSR count). The number of urea groups is 1. The van der Waals surface area contributed by atoms with Crippen LogP contribution in [0.5, 0.6) is 0 Å². The van der Waals surface area contributed by atoms with Gasteiger partial charge in [0.15, 0.2) is 0 Å². The van der Waals surface area contributed by atoms with E-state index in [1.165, 1.54) is 0 Å². The van der Waals surface area contributed by atoms with E-state index in [-0.39, 0.29) is 11.6 Å². The van der Waals surface area contributed by atoms with Crippen LogP contribution in [0, 0.1) is 0 Å². The van der Waals surface area contributed by atoms with E-state index in [0.717, 1.165) is 22.2 Å². The van der Waals surface area contributed by atoms with Crippen molar-refractivity contribution in [2.75, 3.05) is 11.9 Å². The first kappa shape index (κ1) is 13.7. The number of amides is 2. The molecule has 0 bridgehead atoms. The highest BCUT2D eigenvalue weighted by Gasteiger charge is 2.36. The molecule has 0 saturated heterocycles. The Morgan fingerprint density at radius 2 is 1.67 bits per heavy atom. The van der Waals surface area contributed by atoms with Crippen molar-refractivity contribution >= 4 is 22.5 Å². The fourth-order valence-corrected chi connectivity index (χ4v) is 2.92. The van der Waals surface area contributed by atoms with Gasteiger partial charge in [-0.1, -0.05) is 36.4 Å². The molecule has 0 N–H and O–H groups in total. The van der Waals surface area contributed by atoms with Gasteiger partial charge in [0, 0.05) is 18.1 Å². The van der Waals surface area contributed by atoms with Gasteiger partial charge in [0.05, 0.1) is 11.2 Å². The molecule has 0 aromatic heterocycles. The van der Waals surface area contributed by atoms with E-state index >= 15 is 0 Å². The van der Waals surface area contributed by atoms with Crippen molar-refractivity contribution in [1.82, 2.24) is 4.90 Å². The van der Waals surface area contributed by atoms with Gasteiger partial charge in [0.1, 0.15) is 0 Å². The van der Waals surface area contributed by atoms with E-state index < -0.39 is 0 Å². The molecule has 2 amide bonds. The Balaban J connectivity index is 2.21. The van der Waals surface area contributed by atoms with Crippen LogP contribution in [0.2, 0.25) is 0 Å². The zero-order valence-corrected chi connectivity index (χ0v) is 12.9. The second kappa shape index (κ2) is 4.62. The maximum absolute atomic E-state index is 12.8. The quantitative estimate of drug-likeness (QED) is 0.759. The Morgan fingerprint density at radius 3 is 2.43 bits per heavy atom. The Labute approximate surface area is 125 Å². The summed E-state index contributed by atoms with van der Waals surface area (Å²) in [4.78, 5) is 16.4. The van der Waals surface area contributed by atoms with E-state index in [0.29, 0.717) is 0 Å². The van der Waals surface area contributed by atoms with Crippen LogP contribution in [0.3, 0.4) is 0 Å². The highest BCUT2D eigenvalue weighted by Crippen LogP contribution is 2.34. The van der Waals surface area contributed by atoms with Crippen molar-refractivity contribution in [3.8, 4) is 0 Å². The molecular weight excluding hydrogens is 260 g/mol.